The molecule has 0 unspecified atom stereocenters. The molecule has 1 aromatic carbocycles. The number of aryl methyl sites for hydroxylation is 2. The van der Waals surface area contributed by atoms with Crippen molar-refractivity contribution in [2.45, 2.75) is 92.4 Å². The molecule has 0 radical (unpaired) electrons. The third-order valence-electron chi connectivity index (χ3n) is 5.50. The minimum Gasteiger partial charge on any atom is -0.399 e. The largest absolute Gasteiger partial charge is 0.399 e. The van der Waals surface area contributed by atoms with E-state index in [1.807, 2.05) is 32.3 Å². The SMILES string of the molecule is CC(C)(C)c1cc(N)ccc1C#N.Cc1cc(C(C)(C)C)ccn1.Cc1cc(C(C)(C)C)ccn1. The van der Waals surface area contributed by atoms with Gasteiger partial charge in [-0.05, 0) is 89.2 Å². The fraction of sp³-hybridized carbons (Fsp3) is 0.452. The van der Waals surface area contributed by atoms with Crippen molar-refractivity contribution in [1.29, 1.82) is 5.26 Å². The standard InChI is InChI=1S/C11H14N2.2C10H15N/c1-11(2,3)10-6-9(13)5-4-8(10)7-12;2*1-8-7-9(5-6-11-8)10(2,3)4/h4-6H,13H2,1-3H3;2*5-7H,1-4H3. The minimum atomic E-state index is -0.0273. The van der Waals surface area contributed by atoms with Gasteiger partial charge in [-0.2, -0.15) is 5.26 Å². The maximum Gasteiger partial charge on any atom is 0.0994 e. The van der Waals surface area contributed by atoms with Crippen molar-refractivity contribution in [2.24, 2.45) is 0 Å². The van der Waals surface area contributed by atoms with Crippen molar-refractivity contribution in [3.05, 3.63) is 88.5 Å². The summed E-state index contributed by atoms with van der Waals surface area (Å²) in [5, 5.41) is 8.88. The molecule has 0 spiro atoms. The minimum absolute atomic E-state index is 0.0273. The molecule has 0 saturated heterocycles. The van der Waals surface area contributed by atoms with Crippen molar-refractivity contribution >= 4 is 5.69 Å². The van der Waals surface area contributed by atoms with Crippen LogP contribution in [0.25, 0.3) is 0 Å². The van der Waals surface area contributed by atoms with Crippen LogP contribution in [0.5, 0.6) is 0 Å². The van der Waals surface area contributed by atoms with E-state index < -0.39 is 0 Å². The maximum atomic E-state index is 8.88. The molecule has 188 valence electrons. The number of pyridine rings is 2. The summed E-state index contributed by atoms with van der Waals surface area (Å²) in [5.74, 6) is 0. The van der Waals surface area contributed by atoms with E-state index in [0.717, 1.165) is 17.0 Å². The molecule has 2 N–H and O–H groups in total. The average molecular weight is 473 g/mol. The lowest BCUT2D eigenvalue weighted by Crippen LogP contribution is -2.13. The van der Waals surface area contributed by atoms with Gasteiger partial charge in [0.1, 0.15) is 0 Å². The number of nitrogen functional groups attached to an aromatic ring is 1. The lowest BCUT2D eigenvalue weighted by Gasteiger charge is -2.20. The van der Waals surface area contributed by atoms with Gasteiger partial charge in [-0.25, -0.2) is 0 Å². The van der Waals surface area contributed by atoms with Gasteiger partial charge in [-0.1, -0.05) is 62.3 Å². The Balaban J connectivity index is 0.000000264. The topological polar surface area (TPSA) is 75.6 Å². The first-order valence-electron chi connectivity index (χ1n) is 12.1. The van der Waals surface area contributed by atoms with Crippen molar-refractivity contribution in [1.82, 2.24) is 9.97 Å². The van der Waals surface area contributed by atoms with Crippen LogP contribution >= 0.6 is 0 Å². The monoisotopic (exact) mass is 472 g/mol. The highest BCUT2D eigenvalue weighted by molar-refractivity contribution is 5.51. The summed E-state index contributed by atoms with van der Waals surface area (Å²) in [6.07, 6.45) is 3.74. The number of benzene rings is 1. The number of nitrogens with zero attached hydrogens (tertiary/aromatic N) is 3. The van der Waals surface area contributed by atoms with E-state index in [1.165, 1.54) is 11.1 Å². The smallest absolute Gasteiger partial charge is 0.0994 e. The van der Waals surface area contributed by atoms with Crippen molar-refractivity contribution in [3.8, 4) is 6.07 Å². The summed E-state index contributed by atoms with van der Waals surface area (Å²) in [4.78, 5) is 8.31. The van der Waals surface area contributed by atoms with Crippen LogP contribution in [-0.4, -0.2) is 9.97 Å². The molecule has 35 heavy (non-hydrogen) atoms. The van der Waals surface area contributed by atoms with Crippen LogP contribution in [0.15, 0.2) is 54.9 Å². The Bertz CT molecular complexity index is 1080. The van der Waals surface area contributed by atoms with Gasteiger partial charge in [0.05, 0.1) is 11.6 Å². The Labute approximate surface area is 213 Å². The van der Waals surface area contributed by atoms with E-state index in [9.17, 15) is 0 Å². The number of hydrogen-bond donors (Lipinski definition) is 1. The molecule has 0 aliphatic carbocycles. The molecule has 0 amide bonds. The molecule has 3 rings (SSSR count). The summed E-state index contributed by atoms with van der Waals surface area (Å²) in [5.41, 5.74) is 13.5. The normalized spacial score (nSPS) is 11.4. The van der Waals surface area contributed by atoms with E-state index in [0.29, 0.717) is 11.3 Å². The zero-order chi connectivity index (χ0) is 27.0. The molecule has 0 bridgehead atoms. The average Bonchev–Trinajstić information content (AvgIpc) is 2.73. The van der Waals surface area contributed by atoms with Crippen molar-refractivity contribution < 1.29 is 0 Å². The molecule has 4 nitrogen and oxygen atoms in total. The van der Waals surface area contributed by atoms with Gasteiger partial charge in [0.25, 0.3) is 0 Å². The zero-order valence-corrected chi connectivity index (χ0v) is 23.6. The Morgan fingerprint density at radius 2 is 1.09 bits per heavy atom. The highest BCUT2D eigenvalue weighted by Gasteiger charge is 2.18. The van der Waals surface area contributed by atoms with Crippen LogP contribution in [0, 0.1) is 25.2 Å². The maximum absolute atomic E-state index is 8.88. The highest BCUT2D eigenvalue weighted by atomic mass is 14.7. The second kappa shape index (κ2) is 12.0. The quantitative estimate of drug-likeness (QED) is 0.338. The molecule has 0 aliphatic rings. The van der Waals surface area contributed by atoms with E-state index in [2.05, 4.69) is 103 Å². The summed E-state index contributed by atoms with van der Waals surface area (Å²) < 4.78 is 0. The van der Waals surface area contributed by atoms with Crippen molar-refractivity contribution in [2.75, 3.05) is 5.73 Å². The molecule has 3 aromatic rings. The van der Waals surface area contributed by atoms with Gasteiger partial charge in [0.15, 0.2) is 0 Å². The fourth-order valence-corrected chi connectivity index (χ4v) is 3.30. The molecule has 2 heterocycles. The Morgan fingerprint density at radius 1 is 0.657 bits per heavy atom. The van der Waals surface area contributed by atoms with Crippen molar-refractivity contribution in [3.63, 3.8) is 0 Å². The van der Waals surface area contributed by atoms with E-state index >= 15 is 0 Å². The van der Waals surface area contributed by atoms with Crippen LogP contribution in [0.4, 0.5) is 5.69 Å². The molecule has 0 fully saturated rings. The third-order valence-corrected chi connectivity index (χ3v) is 5.50. The fourth-order valence-electron chi connectivity index (χ4n) is 3.30. The van der Waals surface area contributed by atoms with Crippen LogP contribution in [0.3, 0.4) is 0 Å². The predicted molar refractivity (Wildman–Crippen MR) is 150 cm³/mol. The Morgan fingerprint density at radius 3 is 1.37 bits per heavy atom. The van der Waals surface area contributed by atoms with Gasteiger partial charge in [-0.15, -0.1) is 0 Å². The van der Waals surface area contributed by atoms with Crippen LogP contribution in [-0.2, 0) is 16.2 Å². The number of nitriles is 1. The molecule has 0 aliphatic heterocycles. The first-order valence-corrected chi connectivity index (χ1v) is 12.1. The van der Waals surface area contributed by atoms with Crippen LogP contribution in [0.2, 0.25) is 0 Å². The van der Waals surface area contributed by atoms with Gasteiger partial charge in [0.2, 0.25) is 0 Å². The number of aromatic nitrogens is 2. The lowest BCUT2D eigenvalue weighted by molar-refractivity contribution is 0.588. The predicted octanol–water partition coefficient (Wildman–Crippen LogP) is 7.81. The Kier molecular flexibility index (Phi) is 10.2. The van der Waals surface area contributed by atoms with E-state index in [1.54, 1.807) is 12.1 Å². The van der Waals surface area contributed by atoms with Gasteiger partial charge < -0.3 is 5.73 Å². The number of nitrogens with two attached hydrogens (primary N) is 1. The Hall–Kier alpha value is -3.19. The summed E-state index contributed by atoms with van der Waals surface area (Å²) in [6.45, 7) is 23.5. The highest BCUT2D eigenvalue weighted by Crippen LogP contribution is 2.27. The van der Waals surface area contributed by atoms with Gasteiger partial charge >= 0.3 is 0 Å². The zero-order valence-electron chi connectivity index (χ0n) is 23.6. The lowest BCUT2D eigenvalue weighted by atomic mass is 9.84. The van der Waals surface area contributed by atoms with Crippen LogP contribution in [0.1, 0.15) is 96.0 Å². The summed E-state index contributed by atoms with van der Waals surface area (Å²) in [6, 6.07) is 16.0. The molecule has 4 heteroatoms. The van der Waals surface area contributed by atoms with Gasteiger partial charge in [-0.3, -0.25) is 9.97 Å². The molecular formula is C31H44N4. The second-order valence-corrected chi connectivity index (χ2v) is 12.0. The number of hydrogen-bond acceptors (Lipinski definition) is 4. The molecule has 0 saturated carbocycles. The van der Waals surface area contributed by atoms with E-state index in [4.69, 9.17) is 11.0 Å². The summed E-state index contributed by atoms with van der Waals surface area (Å²) >= 11 is 0. The molecule has 2 aromatic heterocycles. The first kappa shape index (κ1) is 29.8. The van der Waals surface area contributed by atoms with Gasteiger partial charge in [0, 0.05) is 29.5 Å². The first-order chi connectivity index (χ1) is 15.9. The van der Waals surface area contributed by atoms with Crippen LogP contribution < -0.4 is 5.73 Å². The second-order valence-electron chi connectivity index (χ2n) is 12.0. The molecular weight excluding hydrogens is 428 g/mol. The third kappa shape index (κ3) is 10.3. The summed E-state index contributed by atoms with van der Waals surface area (Å²) in [7, 11) is 0. The molecule has 0 atom stereocenters. The number of anilines is 1. The van der Waals surface area contributed by atoms with E-state index in [-0.39, 0.29) is 16.2 Å². The number of rotatable bonds is 0.